The Morgan fingerprint density at radius 3 is 2.67 bits per heavy atom. The molecule has 8 heteroatoms. The van der Waals surface area contributed by atoms with Crippen molar-refractivity contribution < 1.29 is 29.0 Å². The van der Waals surface area contributed by atoms with Crippen LogP contribution >= 0.6 is 15.9 Å². The fourth-order valence-corrected chi connectivity index (χ4v) is 3.23. The highest BCUT2D eigenvalue weighted by Crippen LogP contribution is 2.39. The van der Waals surface area contributed by atoms with Crippen LogP contribution in [0.5, 0.6) is 0 Å². The van der Waals surface area contributed by atoms with Gasteiger partial charge in [0.2, 0.25) is 5.91 Å². The van der Waals surface area contributed by atoms with Crippen molar-refractivity contribution in [2.75, 3.05) is 5.33 Å². The first kappa shape index (κ1) is 19.2. The zero-order valence-electron chi connectivity index (χ0n) is 14.3. The summed E-state index contributed by atoms with van der Waals surface area (Å²) in [5, 5.41) is 10.1. The lowest BCUT2D eigenvalue weighted by molar-refractivity contribution is -0.166. The van der Waals surface area contributed by atoms with E-state index in [0.717, 1.165) is 5.56 Å². The van der Waals surface area contributed by atoms with Crippen LogP contribution in [0.1, 0.15) is 18.4 Å². The molecule has 1 aromatic rings. The third kappa shape index (κ3) is 4.05. The minimum atomic E-state index is -1.19. The van der Waals surface area contributed by atoms with Crippen LogP contribution in [-0.4, -0.2) is 45.5 Å². The standard InChI is InChI=1S/C19H18BrNO6/c20-9-5-4-8-13(18(23)24)17-16(21-14(22)10-15(21)27-17)19(25)26-11-12-6-2-1-3-7-12/h1-7,15-16H,8-11H2,(H,23,24)/t15-,16?/m1/s1. The maximum atomic E-state index is 12.7. The Morgan fingerprint density at radius 2 is 2.04 bits per heavy atom. The van der Waals surface area contributed by atoms with Gasteiger partial charge in [0, 0.05) is 11.8 Å². The first-order chi connectivity index (χ1) is 13.0. The number of carbonyl (C=O) groups excluding carboxylic acids is 2. The molecule has 2 fully saturated rings. The predicted octanol–water partition coefficient (Wildman–Crippen LogP) is 2.37. The van der Waals surface area contributed by atoms with Crippen molar-refractivity contribution in [1.29, 1.82) is 0 Å². The lowest BCUT2D eigenvalue weighted by Crippen LogP contribution is -2.55. The van der Waals surface area contributed by atoms with Gasteiger partial charge in [-0.3, -0.25) is 9.69 Å². The fourth-order valence-electron chi connectivity index (χ4n) is 2.97. The first-order valence-electron chi connectivity index (χ1n) is 8.38. The summed E-state index contributed by atoms with van der Waals surface area (Å²) in [5.74, 6) is -2.18. The van der Waals surface area contributed by atoms with E-state index in [1.807, 2.05) is 18.2 Å². The van der Waals surface area contributed by atoms with E-state index in [1.165, 1.54) is 4.90 Å². The summed E-state index contributed by atoms with van der Waals surface area (Å²) in [7, 11) is 0. The van der Waals surface area contributed by atoms with Gasteiger partial charge in [0.1, 0.15) is 12.4 Å². The Bertz CT molecular complexity index is 804. The molecule has 2 heterocycles. The second-order valence-corrected chi connectivity index (χ2v) is 6.70. The van der Waals surface area contributed by atoms with Gasteiger partial charge in [0.05, 0.1) is 12.0 Å². The van der Waals surface area contributed by atoms with Crippen molar-refractivity contribution in [1.82, 2.24) is 4.90 Å². The van der Waals surface area contributed by atoms with E-state index in [4.69, 9.17) is 9.47 Å². The lowest BCUT2D eigenvalue weighted by Gasteiger charge is -2.33. The molecule has 2 aliphatic rings. The van der Waals surface area contributed by atoms with Crippen LogP contribution in [0.15, 0.2) is 53.8 Å². The maximum Gasteiger partial charge on any atom is 0.337 e. The minimum Gasteiger partial charge on any atom is -0.478 e. The van der Waals surface area contributed by atoms with E-state index in [0.29, 0.717) is 5.33 Å². The number of hydrogen-bond donors (Lipinski definition) is 1. The Labute approximate surface area is 164 Å². The zero-order valence-corrected chi connectivity index (χ0v) is 15.9. The molecule has 3 rings (SSSR count). The summed E-state index contributed by atoms with van der Waals surface area (Å²) in [6.45, 7) is 0.0298. The average Bonchev–Trinajstić information content (AvgIpc) is 2.96. The first-order valence-corrected chi connectivity index (χ1v) is 9.50. The van der Waals surface area contributed by atoms with Gasteiger partial charge in [-0.25, -0.2) is 9.59 Å². The van der Waals surface area contributed by atoms with Crippen LogP contribution in [-0.2, 0) is 30.5 Å². The number of carboxylic acids is 1. The van der Waals surface area contributed by atoms with E-state index in [-0.39, 0.29) is 36.7 Å². The van der Waals surface area contributed by atoms with E-state index in [2.05, 4.69) is 15.9 Å². The monoisotopic (exact) mass is 435 g/mol. The van der Waals surface area contributed by atoms with Crippen LogP contribution in [0.3, 0.4) is 0 Å². The molecule has 1 amide bonds. The summed E-state index contributed by atoms with van der Waals surface area (Å²) in [4.78, 5) is 37.6. The molecule has 27 heavy (non-hydrogen) atoms. The molecule has 0 spiro atoms. The topological polar surface area (TPSA) is 93.1 Å². The van der Waals surface area contributed by atoms with E-state index in [9.17, 15) is 19.5 Å². The Hall–Kier alpha value is -2.61. The van der Waals surface area contributed by atoms with Crippen molar-refractivity contribution in [2.24, 2.45) is 0 Å². The van der Waals surface area contributed by atoms with E-state index < -0.39 is 24.2 Å². The van der Waals surface area contributed by atoms with Gasteiger partial charge in [0.25, 0.3) is 0 Å². The summed E-state index contributed by atoms with van der Waals surface area (Å²) < 4.78 is 11.0. The van der Waals surface area contributed by atoms with Crippen LogP contribution in [0.2, 0.25) is 0 Å². The molecule has 0 saturated carbocycles. The normalized spacial score (nSPS) is 22.9. The molecule has 142 valence electrons. The molecule has 1 aromatic carbocycles. The van der Waals surface area contributed by atoms with Crippen molar-refractivity contribution in [2.45, 2.75) is 31.7 Å². The smallest absolute Gasteiger partial charge is 0.337 e. The highest BCUT2D eigenvalue weighted by molar-refractivity contribution is 9.09. The molecule has 0 aromatic heterocycles. The maximum absolute atomic E-state index is 12.7. The Balaban J connectivity index is 1.84. The third-order valence-corrected chi connectivity index (χ3v) is 4.69. The number of ether oxygens (including phenoxy) is 2. The van der Waals surface area contributed by atoms with E-state index >= 15 is 0 Å². The second-order valence-electron chi connectivity index (χ2n) is 6.05. The number of amides is 1. The molecule has 7 nitrogen and oxygen atoms in total. The van der Waals surface area contributed by atoms with Gasteiger partial charge in [-0.15, -0.1) is 0 Å². The number of fused-ring (bicyclic) bond motifs is 1. The number of aliphatic carboxylic acids is 1. The highest BCUT2D eigenvalue weighted by atomic mass is 79.9. The van der Waals surface area contributed by atoms with Gasteiger partial charge in [-0.2, -0.15) is 0 Å². The van der Waals surface area contributed by atoms with Crippen molar-refractivity contribution in [3.8, 4) is 0 Å². The summed E-state index contributed by atoms with van der Waals surface area (Å²) in [5.41, 5.74) is 0.733. The molecular formula is C19H18BrNO6. The number of rotatable bonds is 7. The van der Waals surface area contributed by atoms with Crippen LogP contribution < -0.4 is 0 Å². The number of nitrogens with zero attached hydrogens (tertiary/aromatic N) is 1. The number of carbonyl (C=O) groups is 3. The quantitative estimate of drug-likeness (QED) is 0.232. The molecule has 0 aliphatic carbocycles. The summed E-state index contributed by atoms with van der Waals surface area (Å²) >= 11 is 3.23. The van der Waals surface area contributed by atoms with Gasteiger partial charge in [-0.05, 0) is 5.56 Å². The van der Waals surface area contributed by atoms with Crippen molar-refractivity contribution in [3.63, 3.8) is 0 Å². The molecular weight excluding hydrogens is 418 g/mol. The van der Waals surface area contributed by atoms with Gasteiger partial charge >= 0.3 is 11.9 Å². The van der Waals surface area contributed by atoms with Crippen molar-refractivity contribution >= 4 is 33.8 Å². The average molecular weight is 436 g/mol. The molecule has 0 bridgehead atoms. The van der Waals surface area contributed by atoms with Gasteiger partial charge in [-0.1, -0.05) is 58.4 Å². The fraction of sp³-hybridized carbons (Fsp3) is 0.316. The van der Waals surface area contributed by atoms with Crippen LogP contribution in [0.4, 0.5) is 0 Å². The Morgan fingerprint density at radius 1 is 1.30 bits per heavy atom. The third-order valence-electron chi connectivity index (χ3n) is 4.32. The number of hydrogen-bond acceptors (Lipinski definition) is 5. The molecule has 2 aliphatic heterocycles. The Kier molecular flexibility index (Phi) is 5.95. The molecule has 2 saturated heterocycles. The summed E-state index contributed by atoms with van der Waals surface area (Å²) in [6.07, 6.45) is 3.00. The second kappa shape index (κ2) is 8.39. The predicted molar refractivity (Wildman–Crippen MR) is 98.6 cm³/mol. The van der Waals surface area contributed by atoms with Crippen LogP contribution in [0.25, 0.3) is 0 Å². The SMILES string of the molecule is O=C(O)C(CC=CCBr)=C1O[C@@H]2CC(=O)N2C1C(=O)OCc1ccccc1. The number of halogens is 1. The highest BCUT2D eigenvalue weighted by Gasteiger charge is 2.55. The molecule has 1 unspecified atom stereocenters. The molecule has 1 N–H and O–H groups in total. The number of alkyl halides is 1. The number of β-lactam (4-membered cyclic amide) rings is 1. The van der Waals surface area contributed by atoms with Crippen LogP contribution in [0, 0.1) is 0 Å². The van der Waals surface area contributed by atoms with Crippen molar-refractivity contribution in [3.05, 3.63) is 59.4 Å². The lowest BCUT2D eigenvalue weighted by atomic mass is 10.0. The van der Waals surface area contributed by atoms with E-state index in [1.54, 1.807) is 24.3 Å². The molecule has 2 atom stereocenters. The van der Waals surface area contributed by atoms with Gasteiger partial charge in [0.15, 0.2) is 12.3 Å². The van der Waals surface area contributed by atoms with Gasteiger partial charge < -0.3 is 14.6 Å². The molecule has 0 radical (unpaired) electrons. The number of allylic oxidation sites excluding steroid dienone is 2. The minimum absolute atomic E-state index is 0.0179. The number of carboxylic acid groups (broad SMARTS) is 1. The largest absolute Gasteiger partial charge is 0.478 e. The zero-order chi connectivity index (χ0) is 19.4. The summed E-state index contributed by atoms with van der Waals surface area (Å²) in [6, 6.07) is 7.94. The number of esters is 1. The number of benzene rings is 1.